The molecule has 3 rings (SSSR count). The molecule has 1 fully saturated rings. The highest BCUT2D eigenvalue weighted by Crippen LogP contribution is 2.23. The van der Waals surface area contributed by atoms with Crippen LogP contribution in [0.15, 0.2) is 29.0 Å². The molecule has 6 heteroatoms. The van der Waals surface area contributed by atoms with Gasteiger partial charge < -0.3 is 19.7 Å². The molecular weight excluding hydrogens is 246 g/mol. The fraction of sp³-hybridized carbons (Fsp3) is 0.385. The normalized spacial score (nSPS) is 19.1. The quantitative estimate of drug-likeness (QED) is 0.869. The van der Waals surface area contributed by atoms with Gasteiger partial charge >= 0.3 is 6.03 Å². The number of benzene rings is 1. The lowest BCUT2D eigenvalue weighted by molar-refractivity contribution is 0.209. The van der Waals surface area contributed by atoms with Gasteiger partial charge in [0.15, 0.2) is 12.0 Å². The van der Waals surface area contributed by atoms with E-state index in [1.807, 2.05) is 18.2 Å². The molecule has 1 aliphatic rings. The molecule has 0 spiro atoms. The van der Waals surface area contributed by atoms with Crippen molar-refractivity contribution in [3.8, 4) is 0 Å². The highest BCUT2D eigenvalue weighted by atomic mass is 16.3. The number of hydrogen-bond donors (Lipinski definition) is 2. The minimum atomic E-state index is -0.0869. The Hall–Kier alpha value is -2.08. The minimum Gasteiger partial charge on any atom is -0.443 e. The lowest BCUT2D eigenvalue weighted by Gasteiger charge is -2.13. The van der Waals surface area contributed by atoms with Crippen LogP contribution in [-0.2, 0) is 0 Å². The molecule has 6 nitrogen and oxygen atoms in total. The Labute approximate surface area is 110 Å². The van der Waals surface area contributed by atoms with Gasteiger partial charge in [0.05, 0.1) is 6.04 Å². The summed E-state index contributed by atoms with van der Waals surface area (Å²) in [5, 5.41) is 11.7. The number of aliphatic hydroxyl groups excluding tert-OH is 1. The SMILES string of the molecule is O=C1NC(c2ccc3ncoc3c2)CN1CCCO. The molecule has 1 atom stereocenters. The van der Waals surface area contributed by atoms with Crippen molar-refractivity contribution in [2.45, 2.75) is 12.5 Å². The number of aromatic nitrogens is 1. The second kappa shape index (κ2) is 4.89. The summed E-state index contributed by atoms with van der Waals surface area (Å²) in [6.45, 7) is 1.28. The fourth-order valence-electron chi connectivity index (χ4n) is 2.32. The predicted molar refractivity (Wildman–Crippen MR) is 68.6 cm³/mol. The zero-order valence-corrected chi connectivity index (χ0v) is 10.4. The van der Waals surface area contributed by atoms with Gasteiger partial charge in [-0.2, -0.15) is 0 Å². The number of rotatable bonds is 4. The van der Waals surface area contributed by atoms with Crippen LogP contribution in [0.2, 0.25) is 0 Å². The van der Waals surface area contributed by atoms with Crippen LogP contribution in [0, 0.1) is 0 Å². The first kappa shape index (κ1) is 12.0. The largest absolute Gasteiger partial charge is 0.443 e. The molecule has 2 amide bonds. The average Bonchev–Trinajstić information content (AvgIpc) is 3.02. The Bertz CT molecular complexity index is 596. The molecule has 1 unspecified atom stereocenters. The summed E-state index contributed by atoms with van der Waals surface area (Å²) in [7, 11) is 0. The Morgan fingerprint density at radius 1 is 1.53 bits per heavy atom. The van der Waals surface area contributed by atoms with E-state index in [4.69, 9.17) is 9.52 Å². The van der Waals surface area contributed by atoms with Crippen LogP contribution >= 0.6 is 0 Å². The summed E-state index contributed by atoms with van der Waals surface area (Å²) in [6, 6.07) is 5.61. The van der Waals surface area contributed by atoms with Crippen LogP contribution in [0.1, 0.15) is 18.0 Å². The van der Waals surface area contributed by atoms with Crippen LogP contribution in [0.3, 0.4) is 0 Å². The first-order valence-electron chi connectivity index (χ1n) is 6.27. The number of oxazole rings is 1. The average molecular weight is 261 g/mol. The van der Waals surface area contributed by atoms with Crippen molar-refractivity contribution in [3.63, 3.8) is 0 Å². The second-order valence-corrected chi connectivity index (χ2v) is 4.60. The van der Waals surface area contributed by atoms with Gasteiger partial charge in [-0.05, 0) is 24.1 Å². The summed E-state index contributed by atoms with van der Waals surface area (Å²) in [6.07, 6.45) is 2.01. The Balaban J connectivity index is 1.77. The lowest BCUT2D eigenvalue weighted by atomic mass is 10.1. The zero-order chi connectivity index (χ0) is 13.2. The zero-order valence-electron chi connectivity index (χ0n) is 10.4. The summed E-state index contributed by atoms with van der Waals surface area (Å²) < 4.78 is 5.27. The topological polar surface area (TPSA) is 78.6 Å². The number of aliphatic hydroxyl groups is 1. The number of amides is 2. The molecule has 0 bridgehead atoms. The maximum absolute atomic E-state index is 11.8. The third-order valence-electron chi connectivity index (χ3n) is 3.33. The first-order valence-corrected chi connectivity index (χ1v) is 6.27. The van der Waals surface area contributed by atoms with E-state index in [-0.39, 0.29) is 18.7 Å². The van der Waals surface area contributed by atoms with E-state index in [1.54, 1.807) is 4.90 Å². The lowest BCUT2D eigenvalue weighted by Crippen LogP contribution is -2.29. The van der Waals surface area contributed by atoms with Crippen molar-refractivity contribution < 1.29 is 14.3 Å². The van der Waals surface area contributed by atoms with Gasteiger partial charge in [0.25, 0.3) is 0 Å². The minimum absolute atomic E-state index is 0.0410. The number of hydrogen-bond acceptors (Lipinski definition) is 4. The number of nitrogens with one attached hydrogen (secondary N) is 1. The maximum atomic E-state index is 11.8. The Kier molecular flexibility index (Phi) is 3.08. The van der Waals surface area contributed by atoms with Crippen LogP contribution < -0.4 is 5.32 Å². The summed E-state index contributed by atoms with van der Waals surface area (Å²) in [5.74, 6) is 0. The highest BCUT2D eigenvalue weighted by molar-refractivity contribution is 5.78. The molecule has 0 saturated carbocycles. The van der Waals surface area contributed by atoms with Crippen LogP contribution in [0.25, 0.3) is 11.1 Å². The predicted octanol–water partition coefficient (Wildman–Crippen LogP) is 1.28. The van der Waals surface area contributed by atoms with E-state index >= 15 is 0 Å². The summed E-state index contributed by atoms with van der Waals surface area (Å²) >= 11 is 0. The van der Waals surface area contributed by atoms with Gasteiger partial charge in [-0.3, -0.25) is 0 Å². The third kappa shape index (κ3) is 2.26. The second-order valence-electron chi connectivity index (χ2n) is 4.60. The molecule has 1 saturated heterocycles. The van der Waals surface area contributed by atoms with E-state index in [0.717, 1.165) is 16.7 Å². The van der Waals surface area contributed by atoms with Crippen molar-refractivity contribution in [2.24, 2.45) is 0 Å². The number of nitrogens with zero attached hydrogens (tertiary/aromatic N) is 2. The van der Waals surface area contributed by atoms with E-state index < -0.39 is 0 Å². The standard InChI is InChI=1S/C13H15N3O3/c17-5-1-4-16-7-11(15-13(16)18)9-2-3-10-12(6-9)19-8-14-10/h2-3,6,8,11,17H,1,4-5,7H2,(H,15,18). The van der Waals surface area contributed by atoms with Gasteiger partial charge in [-0.15, -0.1) is 0 Å². The molecule has 2 heterocycles. The molecule has 2 N–H and O–H groups in total. The van der Waals surface area contributed by atoms with E-state index in [0.29, 0.717) is 19.5 Å². The maximum Gasteiger partial charge on any atom is 0.318 e. The Morgan fingerprint density at radius 3 is 3.26 bits per heavy atom. The molecule has 1 aromatic carbocycles. The molecule has 19 heavy (non-hydrogen) atoms. The summed E-state index contributed by atoms with van der Waals surface area (Å²) in [4.78, 5) is 17.6. The van der Waals surface area contributed by atoms with Crippen LogP contribution in [0.5, 0.6) is 0 Å². The van der Waals surface area contributed by atoms with Gasteiger partial charge in [-0.1, -0.05) is 6.07 Å². The molecule has 100 valence electrons. The van der Waals surface area contributed by atoms with Gasteiger partial charge in [0, 0.05) is 19.7 Å². The molecule has 0 aliphatic carbocycles. The van der Waals surface area contributed by atoms with Crippen LogP contribution in [0.4, 0.5) is 4.79 Å². The van der Waals surface area contributed by atoms with Gasteiger partial charge in [0.1, 0.15) is 5.52 Å². The third-order valence-corrected chi connectivity index (χ3v) is 3.33. The van der Waals surface area contributed by atoms with Gasteiger partial charge in [-0.25, -0.2) is 9.78 Å². The van der Waals surface area contributed by atoms with Crippen molar-refractivity contribution in [1.29, 1.82) is 0 Å². The number of carbonyl (C=O) groups is 1. The number of carbonyl (C=O) groups excluding carboxylic acids is 1. The molecule has 2 aromatic rings. The molecular formula is C13H15N3O3. The van der Waals surface area contributed by atoms with Crippen molar-refractivity contribution in [3.05, 3.63) is 30.2 Å². The monoisotopic (exact) mass is 261 g/mol. The van der Waals surface area contributed by atoms with E-state index in [1.165, 1.54) is 6.39 Å². The summed E-state index contributed by atoms with van der Waals surface area (Å²) in [5.41, 5.74) is 2.54. The smallest absolute Gasteiger partial charge is 0.318 e. The molecule has 1 aromatic heterocycles. The van der Waals surface area contributed by atoms with Crippen molar-refractivity contribution in [2.75, 3.05) is 19.7 Å². The highest BCUT2D eigenvalue weighted by Gasteiger charge is 2.29. The van der Waals surface area contributed by atoms with E-state index in [2.05, 4.69) is 10.3 Å². The molecule has 1 aliphatic heterocycles. The van der Waals surface area contributed by atoms with E-state index in [9.17, 15) is 4.79 Å². The van der Waals surface area contributed by atoms with Gasteiger partial charge in [0.2, 0.25) is 0 Å². The number of urea groups is 1. The Morgan fingerprint density at radius 2 is 2.42 bits per heavy atom. The number of fused-ring (bicyclic) bond motifs is 1. The fourth-order valence-corrected chi connectivity index (χ4v) is 2.32. The molecule has 0 radical (unpaired) electrons. The van der Waals surface area contributed by atoms with Crippen LogP contribution in [-0.4, -0.2) is 40.7 Å². The van der Waals surface area contributed by atoms with Crippen molar-refractivity contribution >= 4 is 17.1 Å². The first-order chi connectivity index (χ1) is 9.28. The van der Waals surface area contributed by atoms with Crippen molar-refractivity contribution in [1.82, 2.24) is 15.2 Å².